The number of esters is 1. The molecule has 0 spiro atoms. The van der Waals surface area contributed by atoms with Crippen molar-refractivity contribution in [2.75, 3.05) is 0 Å². The van der Waals surface area contributed by atoms with Crippen LogP contribution in [0.2, 0.25) is 18.1 Å². The maximum atomic E-state index is 12.4. The largest absolute Gasteiger partial charge is 0.457 e. The van der Waals surface area contributed by atoms with E-state index >= 15 is 0 Å². The first-order chi connectivity index (χ1) is 14.9. The normalized spacial score (nSPS) is 15.8. The van der Waals surface area contributed by atoms with E-state index in [1.807, 2.05) is 37.3 Å². The summed E-state index contributed by atoms with van der Waals surface area (Å²) in [5.41, 5.74) is 1.71. The Bertz CT molecular complexity index is 703. The van der Waals surface area contributed by atoms with Gasteiger partial charge in [-0.3, -0.25) is 0 Å². The first kappa shape index (κ1) is 28.6. The van der Waals surface area contributed by atoms with Gasteiger partial charge in [0.2, 0.25) is 0 Å². The fourth-order valence-corrected chi connectivity index (χ4v) is 5.11. The smallest absolute Gasteiger partial charge is 0.333 e. The van der Waals surface area contributed by atoms with Gasteiger partial charge in [0.15, 0.2) is 8.32 Å². The number of hydrogen-bond donors (Lipinski definition) is 0. The van der Waals surface area contributed by atoms with E-state index in [1.165, 1.54) is 12.8 Å². The molecule has 0 aliphatic heterocycles. The van der Waals surface area contributed by atoms with E-state index in [0.717, 1.165) is 24.8 Å². The highest BCUT2D eigenvalue weighted by Gasteiger charge is 2.40. The highest BCUT2D eigenvalue weighted by molar-refractivity contribution is 6.74. The number of ether oxygens (including phenoxy) is 1. The monoisotopic (exact) mass is 460 g/mol. The molecular formula is C28H48O3Si. The lowest BCUT2D eigenvalue weighted by Crippen LogP contribution is -2.45. The first-order valence-electron chi connectivity index (χ1n) is 12.5. The zero-order chi connectivity index (χ0) is 24.4. The van der Waals surface area contributed by atoms with Gasteiger partial charge in [-0.2, -0.15) is 0 Å². The lowest BCUT2D eigenvalue weighted by atomic mass is 9.85. The molecule has 0 bridgehead atoms. The zero-order valence-corrected chi connectivity index (χ0v) is 23.2. The summed E-state index contributed by atoms with van der Waals surface area (Å²) < 4.78 is 12.4. The Labute approximate surface area is 199 Å². The third-order valence-corrected chi connectivity index (χ3v) is 11.6. The van der Waals surface area contributed by atoms with Gasteiger partial charge in [-0.15, -0.1) is 0 Å². The lowest BCUT2D eigenvalue weighted by molar-refractivity contribution is -0.140. The number of hydrogen-bond acceptors (Lipinski definition) is 3. The Morgan fingerprint density at radius 2 is 1.72 bits per heavy atom. The van der Waals surface area contributed by atoms with Gasteiger partial charge in [0.05, 0.1) is 0 Å². The minimum atomic E-state index is -1.82. The Kier molecular flexibility index (Phi) is 11.9. The predicted octanol–water partition coefficient (Wildman–Crippen LogP) is 8.31. The third-order valence-electron chi connectivity index (χ3n) is 7.11. The summed E-state index contributed by atoms with van der Waals surface area (Å²) in [6.45, 7) is 20.7. The van der Waals surface area contributed by atoms with Crippen molar-refractivity contribution in [3.05, 3.63) is 47.5 Å². The number of carbonyl (C=O) groups is 1. The number of allylic oxidation sites excluding steroid dienone is 1. The Balaban J connectivity index is 2.77. The van der Waals surface area contributed by atoms with Gasteiger partial charge in [-0.25, -0.2) is 4.79 Å². The molecule has 182 valence electrons. The highest BCUT2D eigenvalue weighted by atomic mass is 28.4. The molecule has 0 aliphatic carbocycles. The summed E-state index contributed by atoms with van der Waals surface area (Å²) in [7, 11) is -1.82. The topological polar surface area (TPSA) is 35.5 Å². The molecule has 1 aromatic carbocycles. The first-order valence-corrected chi connectivity index (χ1v) is 15.4. The minimum absolute atomic E-state index is 0.209. The van der Waals surface area contributed by atoms with Crippen molar-refractivity contribution in [3.63, 3.8) is 0 Å². The molecule has 0 aliphatic rings. The number of rotatable bonds is 13. The summed E-state index contributed by atoms with van der Waals surface area (Å²) in [4.78, 5) is 12.4. The third kappa shape index (κ3) is 9.62. The molecular weight excluding hydrogens is 412 g/mol. The van der Waals surface area contributed by atoms with Crippen molar-refractivity contribution in [2.45, 2.75) is 111 Å². The van der Waals surface area contributed by atoms with Crippen molar-refractivity contribution in [1.82, 2.24) is 0 Å². The van der Waals surface area contributed by atoms with E-state index in [0.29, 0.717) is 24.0 Å². The van der Waals surface area contributed by atoms with Gasteiger partial charge in [0.25, 0.3) is 0 Å². The zero-order valence-electron chi connectivity index (χ0n) is 22.2. The fourth-order valence-electron chi connectivity index (χ4n) is 3.64. The molecule has 0 saturated carbocycles. The number of benzene rings is 1. The molecule has 3 atom stereocenters. The summed E-state index contributed by atoms with van der Waals surface area (Å²) in [6, 6.07) is 9.82. The van der Waals surface area contributed by atoms with Crippen LogP contribution < -0.4 is 0 Å². The number of carbonyl (C=O) groups excluding carboxylic acids is 1. The van der Waals surface area contributed by atoms with Crippen molar-refractivity contribution in [2.24, 2.45) is 11.8 Å². The lowest BCUT2D eigenvalue weighted by Gasteiger charge is -2.42. The molecule has 1 aromatic rings. The van der Waals surface area contributed by atoms with Crippen LogP contribution in [0.25, 0.3) is 0 Å². The molecule has 0 amide bonds. The molecule has 0 N–H and O–H groups in total. The summed E-state index contributed by atoms with van der Waals surface area (Å²) in [5, 5.41) is 0.209. The molecule has 0 unspecified atom stereocenters. The van der Waals surface area contributed by atoms with Crippen LogP contribution in [-0.4, -0.2) is 20.4 Å². The van der Waals surface area contributed by atoms with Gasteiger partial charge >= 0.3 is 5.97 Å². The molecule has 0 saturated heterocycles. The van der Waals surface area contributed by atoms with Crippen molar-refractivity contribution in [3.8, 4) is 0 Å². The van der Waals surface area contributed by atoms with Gasteiger partial charge in [-0.1, -0.05) is 84.4 Å². The standard InChI is InChI=1S/C28H48O3Si/c1-10-22(3)20-25(26(11-2)31-32(8,9)28(5,6)7)19-15-16-23(4)27(29)30-21-24-17-13-12-14-18-24/h12-14,16-18,22,25-26H,10-11,15,19-21H2,1-9H3/b23-16+/t22-,25+,26+/m0/s1. The molecule has 3 nitrogen and oxygen atoms in total. The molecule has 4 heteroatoms. The van der Waals surface area contributed by atoms with E-state index < -0.39 is 8.32 Å². The van der Waals surface area contributed by atoms with Crippen LogP contribution in [0.5, 0.6) is 0 Å². The SMILES string of the molecule is CC[C@H](C)C[C@@H](CC/C=C(\C)C(=O)OCc1ccccc1)[C@@H](CC)O[Si](C)(C)C(C)(C)C. The summed E-state index contributed by atoms with van der Waals surface area (Å²) in [5.74, 6) is 0.961. The highest BCUT2D eigenvalue weighted by Crippen LogP contribution is 2.39. The Morgan fingerprint density at radius 1 is 1.09 bits per heavy atom. The van der Waals surface area contributed by atoms with Gasteiger partial charge in [-0.05, 0) is 68.1 Å². The van der Waals surface area contributed by atoms with Crippen LogP contribution in [0.3, 0.4) is 0 Å². The average molecular weight is 461 g/mol. The maximum Gasteiger partial charge on any atom is 0.333 e. The second-order valence-corrected chi connectivity index (χ2v) is 15.6. The van der Waals surface area contributed by atoms with Crippen LogP contribution >= 0.6 is 0 Å². The van der Waals surface area contributed by atoms with Crippen molar-refractivity contribution >= 4 is 14.3 Å². The minimum Gasteiger partial charge on any atom is -0.457 e. The Morgan fingerprint density at radius 3 is 2.25 bits per heavy atom. The molecule has 0 aromatic heterocycles. The predicted molar refractivity (Wildman–Crippen MR) is 139 cm³/mol. The second-order valence-electron chi connectivity index (χ2n) is 10.9. The van der Waals surface area contributed by atoms with E-state index in [4.69, 9.17) is 9.16 Å². The average Bonchev–Trinajstić information content (AvgIpc) is 2.74. The van der Waals surface area contributed by atoms with E-state index in [-0.39, 0.29) is 17.1 Å². The van der Waals surface area contributed by atoms with E-state index in [2.05, 4.69) is 60.7 Å². The van der Waals surface area contributed by atoms with Gasteiger partial charge < -0.3 is 9.16 Å². The van der Waals surface area contributed by atoms with E-state index in [9.17, 15) is 4.79 Å². The van der Waals surface area contributed by atoms with Crippen LogP contribution in [0, 0.1) is 11.8 Å². The van der Waals surface area contributed by atoms with Gasteiger partial charge in [0, 0.05) is 11.7 Å². The molecule has 0 heterocycles. The van der Waals surface area contributed by atoms with Crippen molar-refractivity contribution in [1.29, 1.82) is 0 Å². The van der Waals surface area contributed by atoms with Crippen LogP contribution in [0.15, 0.2) is 42.0 Å². The molecule has 1 rings (SSSR count). The van der Waals surface area contributed by atoms with Crippen LogP contribution in [0.4, 0.5) is 0 Å². The van der Waals surface area contributed by atoms with E-state index in [1.54, 1.807) is 0 Å². The fraction of sp³-hybridized carbons (Fsp3) is 0.679. The maximum absolute atomic E-state index is 12.4. The Hall–Kier alpha value is -1.39. The second kappa shape index (κ2) is 13.3. The molecule has 0 fully saturated rings. The summed E-state index contributed by atoms with van der Waals surface area (Å²) in [6.07, 6.45) is 7.66. The van der Waals surface area contributed by atoms with Gasteiger partial charge in [0.1, 0.15) is 6.61 Å². The van der Waals surface area contributed by atoms with Crippen LogP contribution in [0.1, 0.15) is 86.1 Å². The summed E-state index contributed by atoms with van der Waals surface area (Å²) >= 11 is 0. The van der Waals surface area contributed by atoms with Crippen molar-refractivity contribution < 1.29 is 14.0 Å². The molecule has 0 radical (unpaired) electrons. The quantitative estimate of drug-likeness (QED) is 0.169. The van der Waals surface area contributed by atoms with Crippen LogP contribution in [-0.2, 0) is 20.6 Å². The molecule has 32 heavy (non-hydrogen) atoms.